The Kier molecular flexibility index (Phi) is 4.94. The summed E-state index contributed by atoms with van der Waals surface area (Å²) in [7, 11) is 0. The Morgan fingerprint density at radius 2 is 2.20 bits per heavy atom. The standard InChI is InChI=1S/C7H15NO2/c1-6(8)4-2-3-5-7(9)10/h6H,2-5,8H2,1H3,(H,9,10)/t6-/m1/s1. The number of aliphatic carboxylic acids is 1. The van der Waals surface area contributed by atoms with Gasteiger partial charge in [0, 0.05) is 12.5 Å². The van der Waals surface area contributed by atoms with E-state index in [0.717, 1.165) is 19.3 Å². The van der Waals surface area contributed by atoms with E-state index in [4.69, 9.17) is 10.8 Å². The second kappa shape index (κ2) is 5.23. The van der Waals surface area contributed by atoms with E-state index < -0.39 is 5.97 Å². The van der Waals surface area contributed by atoms with Gasteiger partial charge in [-0.1, -0.05) is 6.42 Å². The maximum Gasteiger partial charge on any atom is 0.303 e. The van der Waals surface area contributed by atoms with Gasteiger partial charge in [-0.3, -0.25) is 4.79 Å². The molecule has 0 heterocycles. The third-order valence-electron chi connectivity index (χ3n) is 1.30. The highest BCUT2D eigenvalue weighted by molar-refractivity contribution is 5.66. The molecule has 0 saturated carbocycles. The van der Waals surface area contributed by atoms with Crippen LogP contribution in [-0.4, -0.2) is 17.1 Å². The molecular formula is C7H15NO2. The van der Waals surface area contributed by atoms with Gasteiger partial charge in [-0.15, -0.1) is 0 Å². The highest BCUT2D eigenvalue weighted by Crippen LogP contribution is 2.01. The smallest absolute Gasteiger partial charge is 0.303 e. The minimum absolute atomic E-state index is 0.203. The molecule has 10 heavy (non-hydrogen) atoms. The van der Waals surface area contributed by atoms with E-state index in [2.05, 4.69) is 0 Å². The van der Waals surface area contributed by atoms with Crippen molar-refractivity contribution in [2.24, 2.45) is 5.73 Å². The molecule has 0 aromatic carbocycles. The molecule has 0 aromatic heterocycles. The van der Waals surface area contributed by atoms with E-state index >= 15 is 0 Å². The van der Waals surface area contributed by atoms with Crippen LogP contribution >= 0.6 is 0 Å². The Balaban J connectivity index is 2.98. The van der Waals surface area contributed by atoms with Crippen LogP contribution < -0.4 is 5.73 Å². The fraction of sp³-hybridized carbons (Fsp3) is 0.857. The SMILES string of the molecule is C[C@@H](N)CCCCC(=O)O. The van der Waals surface area contributed by atoms with Gasteiger partial charge >= 0.3 is 5.97 Å². The van der Waals surface area contributed by atoms with Crippen molar-refractivity contribution in [2.75, 3.05) is 0 Å². The van der Waals surface area contributed by atoms with E-state index in [-0.39, 0.29) is 12.5 Å². The van der Waals surface area contributed by atoms with Gasteiger partial charge in [0.2, 0.25) is 0 Å². The lowest BCUT2D eigenvalue weighted by Crippen LogP contribution is -2.14. The lowest BCUT2D eigenvalue weighted by molar-refractivity contribution is -0.137. The van der Waals surface area contributed by atoms with Gasteiger partial charge in [-0.25, -0.2) is 0 Å². The van der Waals surface area contributed by atoms with Crippen LogP contribution in [0.1, 0.15) is 32.6 Å². The number of nitrogens with two attached hydrogens (primary N) is 1. The average molecular weight is 145 g/mol. The Morgan fingerprint density at radius 3 is 2.60 bits per heavy atom. The molecule has 0 saturated heterocycles. The van der Waals surface area contributed by atoms with Gasteiger partial charge in [-0.05, 0) is 19.8 Å². The first-order chi connectivity index (χ1) is 4.63. The van der Waals surface area contributed by atoms with E-state index in [1.165, 1.54) is 0 Å². The molecule has 60 valence electrons. The number of carboxylic acid groups (broad SMARTS) is 1. The summed E-state index contributed by atoms with van der Waals surface area (Å²) in [5.41, 5.74) is 5.46. The molecule has 0 aromatic rings. The number of hydrogen-bond donors (Lipinski definition) is 2. The normalized spacial score (nSPS) is 13.0. The predicted octanol–water partition coefficient (Wildman–Crippen LogP) is 0.979. The molecular weight excluding hydrogens is 130 g/mol. The lowest BCUT2D eigenvalue weighted by atomic mass is 10.1. The summed E-state index contributed by atoms with van der Waals surface area (Å²) in [6.45, 7) is 1.93. The van der Waals surface area contributed by atoms with E-state index in [1.54, 1.807) is 0 Å². The van der Waals surface area contributed by atoms with Gasteiger partial charge in [0.05, 0.1) is 0 Å². The highest BCUT2D eigenvalue weighted by Gasteiger charge is 1.97. The van der Waals surface area contributed by atoms with Gasteiger partial charge in [-0.2, -0.15) is 0 Å². The van der Waals surface area contributed by atoms with Crippen molar-refractivity contribution in [3.8, 4) is 0 Å². The molecule has 3 nitrogen and oxygen atoms in total. The van der Waals surface area contributed by atoms with Crippen molar-refractivity contribution in [1.29, 1.82) is 0 Å². The average Bonchev–Trinajstić information content (AvgIpc) is 1.79. The van der Waals surface area contributed by atoms with Gasteiger partial charge in [0.1, 0.15) is 0 Å². The molecule has 0 aliphatic carbocycles. The number of hydrogen-bond acceptors (Lipinski definition) is 2. The molecule has 0 fully saturated rings. The van der Waals surface area contributed by atoms with Gasteiger partial charge in [0.15, 0.2) is 0 Å². The zero-order chi connectivity index (χ0) is 7.98. The van der Waals surface area contributed by atoms with Crippen molar-refractivity contribution >= 4 is 5.97 Å². The zero-order valence-corrected chi connectivity index (χ0v) is 6.34. The molecule has 0 bridgehead atoms. The van der Waals surface area contributed by atoms with Gasteiger partial charge in [0.25, 0.3) is 0 Å². The van der Waals surface area contributed by atoms with E-state index in [9.17, 15) is 4.79 Å². The third-order valence-corrected chi connectivity index (χ3v) is 1.30. The molecule has 0 amide bonds. The number of carboxylic acids is 1. The first-order valence-corrected chi connectivity index (χ1v) is 3.60. The van der Waals surface area contributed by atoms with Crippen molar-refractivity contribution in [1.82, 2.24) is 0 Å². The number of carbonyl (C=O) groups is 1. The molecule has 0 unspecified atom stereocenters. The quantitative estimate of drug-likeness (QED) is 0.567. The van der Waals surface area contributed by atoms with E-state index in [0.29, 0.717) is 0 Å². The van der Waals surface area contributed by atoms with Crippen LogP contribution in [0.4, 0.5) is 0 Å². The Hall–Kier alpha value is -0.570. The van der Waals surface area contributed by atoms with E-state index in [1.807, 2.05) is 6.92 Å². The van der Waals surface area contributed by atoms with Crippen molar-refractivity contribution in [3.05, 3.63) is 0 Å². The summed E-state index contributed by atoms with van der Waals surface area (Å²) in [5, 5.41) is 8.25. The monoisotopic (exact) mass is 145 g/mol. The largest absolute Gasteiger partial charge is 0.481 e. The van der Waals surface area contributed by atoms with Crippen molar-refractivity contribution in [3.63, 3.8) is 0 Å². The van der Waals surface area contributed by atoms with Crippen LogP contribution in [0.5, 0.6) is 0 Å². The van der Waals surface area contributed by atoms with Crippen molar-refractivity contribution in [2.45, 2.75) is 38.6 Å². The second-order valence-corrected chi connectivity index (χ2v) is 2.62. The van der Waals surface area contributed by atoms with Crippen LogP contribution in [0.15, 0.2) is 0 Å². The topological polar surface area (TPSA) is 63.3 Å². The van der Waals surface area contributed by atoms with Crippen LogP contribution in [0.3, 0.4) is 0 Å². The molecule has 3 heteroatoms. The summed E-state index contributed by atoms with van der Waals surface area (Å²) in [6, 6.07) is 0.203. The molecule has 1 atom stereocenters. The van der Waals surface area contributed by atoms with Crippen molar-refractivity contribution < 1.29 is 9.90 Å². The predicted molar refractivity (Wildman–Crippen MR) is 39.8 cm³/mol. The summed E-state index contributed by atoms with van der Waals surface area (Å²) in [5.74, 6) is -0.718. The second-order valence-electron chi connectivity index (χ2n) is 2.62. The fourth-order valence-corrected chi connectivity index (χ4v) is 0.743. The first-order valence-electron chi connectivity index (χ1n) is 3.60. The molecule has 0 aliphatic heterocycles. The fourth-order valence-electron chi connectivity index (χ4n) is 0.743. The molecule has 0 rings (SSSR count). The summed E-state index contributed by atoms with van der Waals surface area (Å²) < 4.78 is 0. The number of unbranched alkanes of at least 4 members (excludes halogenated alkanes) is 1. The molecule has 0 aliphatic rings. The Bertz CT molecular complexity index is 102. The summed E-state index contributed by atoms with van der Waals surface area (Å²) in [4.78, 5) is 10.0. The lowest BCUT2D eigenvalue weighted by Gasteiger charge is -2.01. The van der Waals surface area contributed by atoms with Crippen LogP contribution in [0.2, 0.25) is 0 Å². The first kappa shape index (κ1) is 9.43. The minimum atomic E-state index is -0.718. The summed E-state index contributed by atoms with van der Waals surface area (Å²) >= 11 is 0. The maximum atomic E-state index is 10.0. The van der Waals surface area contributed by atoms with Gasteiger partial charge < -0.3 is 10.8 Å². The maximum absolute atomic E-state index is 10.0. The van der Waals surface area contributed by atoms with Crippen LogP contribution in [0, 0.1) is 0 Å². The Morgan fingerprint density at radius 1 is 1.60 bits per heavy atom. The van der Waals surface area contributed by atoms with Crippen LogP contribution in [0.25, 0.3) is 0 Å². The molecule has 0 radical (unpaired) electrons. The highest BCUT2D eigenvalue weighted by atomic mass is 16.4. The third kappa shape index (κ3) is 7.43. The molecule has 3 N–H and O–H groups in total. The summed E-state index contributed by atoms with van der Waals surface area (Å²) in [6.07, 6.45) is 2.86. The number of rotatable bonds is 5. The molecule has 0 spiro atoms. The zero-order valence-electron chi connectivity index (χ0n) is 6.34. The van der Waals surface area contributed by atoms with Crippen LogP contribution in [-0.2, 0) is 4.79 Å². The minimum Gasteiger partial charge on any atom is -0.481 e. The Labute approximate surface area is 61.2 Å².